The summed E-state index contributed by atoms with van der Waals surface area (Å²) in [4.78, 5) is 48.2. The Hall–Kier alpha value is -4.16. The van der Waals surface area contributed by atoms with Gasteiger partial charge in [0.2, 0.25) is 0 Å². The maximum absolute atomic E-state index is 13.6. The largest absolute Gasteiger partial charge is 0.444 e. The molecule has 3 aliphatic heterocycles. The van der Waals surface area contributed by atoms with Gasteiger partial charge in [-0.1, -0.05) is 54.1 Å². The normalized spacial score (nSPS) is 22.6. The summed E-state index contributed by atoms with van der Waals surface area (Å²) in [5.74, 6) is -0.414. The minimum absolute atomic E-state index is 0.0165. The van der Waals surface area contributed by atoms with Crippen LogP contribution in [0.5, 0.6) is 0 Å². The van der Waals surface area contributed by atoms with E-state index in [9.17, 15) is 19.6 Å². The van der Waals surface area contributed by atoms with E-state index < -0.39 is 30.1 Å². The van der Waals surface area contributed by atoms with E-state index in [4.69, 9.17) is 16.3 Å². The second kappa shape index (κ2) is 7.96. The molecule has 35 heavy (non-hydrogen) atoms. The second-order valence-electron chi connectivity index (χ2n) is 8.71. The van der Waals surface area contributed by atoms with Crippen molar-refractivity contribution in [3.8, 4) is 6.07 Å². The van der Waals surface area contributed by atoms with Crippen LogP contribution in [0.2, 0.25) is 5.02 Å². The Morgan fingerprint density at radius 2 is 1.89 bits per heavy atom. The number of aromatic nitrogens is 1. The third kappa shape index (κ3) is 3.14. The molecule has 4 amide bonds. The summed E-state index contributed by atoms with van der Waals surface area (Å²) in [6.45, 7) is 0.310. The average Bonchev–Trinajstić information content (AvgIpc) is 3.54. The lowest BCUT2D eigenvalue weighted by molar-refractivity contribution is -0.121. The molecule has 3 aliphatic rings. The first-order valence-corrected chi connectivity index (χ1v) is 11.5. The highest BCUT2D eigenvalue weighted by Gasteiger charge is 2.63. The van der Waals surface area contributed by atoms with Crippen LogP contribution in [0, 0.1) is 11.3 Å². The fourth-order valence-electron chi connectivity index (χ4n) is 5.37. The number of piperazine rings is 1. The molecule has 4 heterocycles. The number of pyridine rings is 1. The van der Waals surface area contributed by atoms with Gasteiger partial charge in [-0.25, -0.2) is 19.5 Å². The second-order valence-corrected chi connectivity index (χ2v) is 9.12. The molecule has 2 unspecified atom stereocenters. The number of fused-ring (bicyclic) bond motifs is 6. The van der Waals surface area contributed by atoms with Gasteiger partial charge in [0.05, 0.1) is 24.0 Å². The molecular weight excluding hydrogens is 470 g/mol. The molecule has 0 N–H and O–H groups in total. The maximum Gasteiger partial charge on any atom is 0.410 e. The number of hydrogen-bond acceptors (Lipinski definition) is 6. The number of carbonyl (C=O) groups excluding carboxylic acids is 3. The van der Waals surface area contributed by atoms with Gasteiger partial charge in [-0.2, -0.15) is 5.26 Å². The number of anilines is 1. The number of hydrogen-bond donors (Lipinski definition) is 0. The number of nitrogens with zero attached hydrogens (tertiary/aromatic N) is 5. The number of rotatable bonds is 3. The number of ether oxygens (including phenoxy) is 1. The van der Waals surface area contributed by atoms with Crippen molar-refractivity contribution in [3.05, 3.63) is 71.0 Å². The van der Waals surface area contributed by atoms with Crippen LogP contribution in [-0.2, 0) is 16.1 Å². The number of amides is 4. The van der Waals surface area contributed by atoms with E-state index in [-0.39, 0.29) is 18.3 Å². The molecule has 0 radical (unpaired) electrons. The van der Waals surface area contributed by atoms with Crippen molar-refractivity contribution < 1.29 is 19.1 Å². The summed E-state index contributed by atoms with van der Waals surface area (Å²) in [7, 11) is 0. The zero-order valence-corrected chi connectivity index (χ0v) is 19.1. The van der Waals surface area contributed by atoms with E-state index in [1.165, 1.54) is 11.1 Å². The van der Waals surface area contributed by atoms with Crippen molar-refractivity contribution in [2.24, 2.45) is 0 Å². The van der Waals surface area contributed by atoms with Crippen molar-refractivity contribution in [3.63, 3.8) is 0 Å². The number of halogens is 1. The predicted molar refractivity (Wildman–Crippen MR) is 126 cm³/mol. The van der Waals surface area contributed by atoms with E-state index in [2.05, 4.69) is 4.98 Å². The van der Waals surface area contributed by atoms with Crippen molar-refractivity contribution in [2.45, 2.75) is 31.2 Å². The van der Waals surface area contributed by atoms with Gasteiger partial charge in [-0.05, 0) is 12.5 Å². The van der Waals surface area contributed by atoms with Crippen molar-refractivity contribution in [1.82, 2.24) is 14.8 Å². The van der Waals surface area contributed by atoms with Crippen LogP contribution in [0.1, 0.15) is 17.7 Å². The van der Waals surface area contributed by atoms with Crippen molar-refractivity contribution in [2.75, 3.05) is 11.4 Å². The molecule has 174 valence electrons. The van der Waals surface area contributed by atoms with Gasteiger partial charge in [0.15, 0.2) is 0 Å². The number of benzene rings is 2. The van der Waals surface area contributed by atoms with Gasteiger partial charge in [0.25, 0.3) is 5.91 Å². The van der Waals surface area contributed by atoms with Gasteiger partial charge < -0.3 is 14.5 Å². The Balaban J connectivity index is 1.27. The molecule has 2 bridgehead atoms. The van der Waals surface area contributed by atoms with Crippen LogP contribution >= 0.6 is 11.6 Å². The van der Waals surface area contributed by atoms with E-state index >= 15 is 0 Å². The molecule has 9 nitrogen and oxygen atoms in total. The van der Waals surface area contributed by atoms with Crippen LogP contribution in [0.25, 0.3) is 10.8 Å². The molecule has 1 aromatic heterocycles. The molecule has 0 spiro atoms. The fraction of sp³-hybridized carbons (Fsp3) is 0.240. The van der Waals surface area contributed by atoms with Crippen molar-refractivity contribution in [1.29, 1.82) is 5.26 Å². The number of urea groups is 1. The first kappa shape index (κ1) is 21.4. The third-order valence-electron chi connectivity index (χ3n) is 6.93. The third-order valence-corrected chi connectivity index (χ3v) is 7.30. The van der Waals surface area contributed by atoms with Gasteiger partial charge in [0.1, 0.15) is 24.4 Å². The fourth-order valence-corrected chi connectivity index (χ4v) is 5.56. The lowest BCUT2D eigenvalue weighted by Gasteiger charge is -2.34. The van der Waals surface area contributed by atoms with E-state index in [1.54, 1.807) is 47.4 Å². The molecule has 0 saturated carbocycles. The van der Waals surface area contributed by atoms with Crippen LogP contribution in [-0.4, -0.2) is 57.5 Å². The number of likely N-dealkylation sites (tertiary alicyclic amines) is 1. The Kier molecular flexibility index (Phi) is 4.86. The minimum atomic E-state index is -0.788. The zero-order chi connectivity index (χ0) is 24.3. The van der Waals surface area contributed by atoms with Gasteiger partial charge in [0, 0.05) is 27.9 Å². The molecule has 3 atom stereocenters. The van der Waals surface area contributed by atoms with Gasteiger partial charge in [-0.15, -0.1) is 0 Å². The lowest BCUT2D eigenvalue weighted by Crippen LogP contribution is -2.54. The summed E-state index contributed by atoms with van der Waals surface area (Å²) in [5, 5.41) is 11.0. The molecule has 2 aromatic carbocycles. The molecule has 6 rings (SSSR count). The van der Waals surface area contributed by atoms with Gasteiger partial charge in [-0.3, -0.25) is 4.79 Å². The lowest BCUT2D eigenvalue weighted by atomic mass is 10.1. The highest BCUT2D eigenvalue weighted by atomic mass is 35.5. The Morgan fingerprint density at radius 1 is 1.14 bits per heavy atom. The zero-order valence-electron chi connectivity index (χ0n) is 18.3. The molecular formula is C25H18ClN5O4. The average molecular weight is 488 g/mol. The van der Waals surface area contributed by atoms with E-state index in [0.29, 0.717) is 40.0 Å². The maximum atomic E-state index is 13.6. The van der Waals surface area contributed by atoms with Crippen molar-refractivity contribution >= 4 is 46.1 Å². The smallest absolute Gasteiger partial charge is 0.410 e. The number of nitriles is 1. The summed E-state index contributed by atoms with van der Waals surface area (Å²) in [5.41, 5.74) is 1.24. The monoisotopic (exact) mass is 487 g/mol. The SMILES string of the molecule is N#Cc1ncc(N2C(=O)C3C4C[C@H](CN4C(=O)OCc4ccccc4Cl)N3C2=O)c2ccccc12. The first-order chi connectivity index (χ1) is 17.0. The quantitative estimate of drug-likeness (QED) is 0.521. The molecule has 3 aromatic rings. The standard InChI is InChI=1S/C25H18ClN5O4/c26-18-8-4-1-5-14(18)13-35-25(34)29-12-15-9-20(29)22-23(32)31(24(33)30(15)22)21-11-28-19(10-27)16-6-2-3-7-17(16)21/h1-8,11,15,20,22H,9,12-13H2/t15-,20?,22?/m1/s1. The summed E-state index contributed by atoms with van der Waals surface area (Å²) >= 11 is 6.15. The topological polar surface area (TPSA) is 107 Å². The Bertz CT molecular complexity index is 1450. The number of imide groups is 1. The van der Waals surface area contributed by atoms with E-state index in [0.717, 1.165) is 4.90 Å². The van der Waals surface area contributed by atoms with Crippen LogP contribution in [0.15, 0.2) is 54.7 Å². The Labute approximate surface area is 205 Å². The van der Waals surface area contributed by atoms with Crippen LogP contribution in [0.4, 0.5) is 15.3 Å². The minimum Gasteiger partial charge on any atom is -0.444 e. The molecule has 10 heteroatoms. The van der Waals surface area contributed by atoms with Gasteiger partial charge >= 0.3 is 12.1 Å². The van der Waals surface area contributed by atoms with E-state index in [1.807, 2.05) is 12.1 Å². The molecule has 0 aliphatic carbocycles. The molecule has 3 fully saturated rings. The van der Waals surface area contributed by atoms with Crippen LogP contribution in [0.3, 0.4) is 0 Å². The molecule has 3 saturated heterocycles. The summed E-state index contributed by atoms with van der Waals surface area (Å²) in [6, 6.07) is 14.2. The summed E-state index contributed by atoms with van der Waals surface area (Å²) in [6.07, 6.45) is 1.36. The summed E-state index contributed by atoms with van der Waals surface area (Å²) < 4.78 is 5.48. The first-order valence-electron chi connectivity index (χ1n) is 11.1. The van der Waals surface area contributed by atoms with Crippen LogP contribution < -0.4 is 4.90 Å². The predicted octanol–water partition coefficient (Wildman–Crippen LogP) is 3.69. The highest BCUT2D eigenvalue weighted by molar-refractivity contribution is 6.31. The Morgan fingerprint density at radius 3 is 2.66 bits per heavy atom. The number of carbonyl (C=O) groups is 3. The highest BCUT2D eigenvalue weighted by Crippen LogP contribution is 2.43.